The largest absolute Gasteiger partial charge is 0.479 e. The molecule has 1 saturated heterocycles. The molecule has 0 aliphatic carbocycles. The van der Waals surface area contributed by atoms with Gasteiger partial charge < -0.3 is 25.2 Å². The molecule has 9 nitrogen and oxygen atoms in total. The molecular formula is C28H28ClN7O2. The van der Waals surface area contributed by atoms with E-state index in [4.69, 9.17) is 26.3 Å². The molecule has 10 heteroatoms. The van der Waals surface area contributed by atoms with Crippen LogP contribution in [-0.2, 0) is 4.79 Å². The van der Waals surface area contributed by atoms with E-state index in [-0.39, 0.29) is 5.91 Å². The molecule has 2 N–H and O–H groups in total. The van der Waals surface area contributed by atoms with Gasteiger partial charge in [-0.3, -0.25) is 4.79 Å². The van der Waals surface area contributed by atoms with Gasteiger partial charge in [-0.05, 0) is 31.3 Å². The van der Waals surface area contributed by atoms with Crippen LogP contribution in [0.2, 0.25) is 5.02 Å². The number of halogens is 1. The van der Waals surface area contributed by atoms with Gasteiger partial charge >= 0.3 is 0 Å². The second-order valence-electron chi connectivity index (χ2n) is 8.94. The van der Waals surface area contributed by atoms with Crippen molar-refractivity contribution in [1.82, 2.24) is 19.9 Å². The maximum absolute atomic E-state index is 11.9. The van der Waals surface area contributed by atoms with Gasteiger partial charge in [-0.25, -0.2) is 9.97 Å². The van der Waals surface area contributed by atoms with Crippen molar-refractivity contribution in [2.24, 2.45) is 0 Å². The van der Waals surface area contributed by atoms with Crippen LogP contribution in [0.5, 0.6) is 5.88 Å². The lowest BCUT2D eigenvalue weighted by Gasteiger charge is -2.33. The zero-order valence-electron chi connectivity index (χ0n) is 21.2. The Morgan fingerprint density at radius 3 is 2.55 bits per heavy atom. The fraction of sp³-hybridized carbons (Fsp3) is 0.214. The number of methoxy groups -OCH3 is 1. The summed E-state index contributed by atoms with van der Waals surface area (Å²) >= 11 is 6.70. The molecule has 0 radical (unpaired) electrons. The molecule has 38 heavy (non-hydrogen) atoms. The summed E-state index contributed by atoms with van der Waals surface area (Å²) in [6.45, 7) is 7.31. The van der Waals surface area contributed by atoms with Gasteiger partial charge in [0.25, 0.3) is 0 Å². The Labute approximate surface area is 226 Å². The zero-order chi connectivity index (χ0) is 26.6. The Kier molecular flexibility index (Phi) is 7.39. The first-order chi connectivity index (χ1) is 18.5. The van der Waals surface area contributed by atoms with Gasteiger partial charge in [0.2, 0.25) is 17.7 Å². The third-order valence-electron chi connectivity index (χ3n) is 6.46. The van der Waals surface area contributed by atoms with E-state index in [9.17, 15) is 4.79 Å². The van der Waals surface area contributed by atoms with Crippen LogP contribution in [0, 0.1) is 0 Å². The Morgan fingerprint density at radius 1 is 1.03 bits per heavy atom. The number of pyridine rings is 1. The molecule has 0 spiro atoms. The highest BCUT2D eigenvalue weighted by molar-refractivity contribution is 6.37. The minimum Gasteiger partial charge on any atom is -0.479 e. The molecule has 2 aromatic carbocycles. The molecule has 4 aromatic rings. The van der Waals surface area contributed by atoms with Crippen molar-refractivity contribution in [1.29, 1.82) is 0 Å². The first kappa shape index (κ1) is 25.4. The Morgan fingerprint density at radius 2 is 1.79 bits per heavy atom. The van der Waals surface area contributed by atoms with Crippen LogP contribution < -0.4 is 20.3 Å². The van der Waals surface area contributed by atoms with Gasteiger partial charge in [0.15, 0.2) is 0 Å². The van der Waals surface area contributed by atoms with E-state index in [1.807, 2.05) is 42.5 Å². The molecular weight excluding hydrogens is 502 g/mol. The van der Waals surface area contributed by atoms with E-state index < -0.39 is 0 Å². The van der Waals surface area contributed by atoms with Crippen LogP contribution in [0.3, 0.4) is 0 Å². The number of piperazine rings is 1. The number of aromatic nitrogens is 3. The molecule has 1 amide bonds. The lowest BCUT2D eigenvalue weighted by atomic mass is 10.0. The third-order valence-corrected chi connectivity index (χ3v) is 6.86. The second-order valence-corrected chi connectivity index (χ2v) is 9.32. The predicted octanol–water partition coefficient (Wildman–Crippen LogP) is 4.97. The maximum Gasteiger partial charge on any atom is 0.247 e. The zero-order valence-corrected chi connectivity index (χ0v) is 22.0. The molecule has 1 aliphatic rings. The van der Waals surface area contributed by atoms with E-state index >= 15 is 0 Å². The summed E-state index contributed by atoms with van der Waals surface area (Å²) < 4.78 is 5.60. The standard InChI is InChI=1S/C28H28ClN7O2/c1-4-24(37)31-21-10-6-8-19(25(21)29)20-9-5-7-18-17-30-28(34-26(18)20)32-22-11-12-23(33-27(22)38-3)36-15-13-35(2)14-16-36/h4-12,17H,1,13-16H2,2-3H3,(H,31,37)(H,30,32,34). The maximum atomic E-state index is 11.9. The molecule has 1 fully saturated rings. The number of amides is 1. The van der Waals surface area contributed by atoms with Gasteiger partial charge in [0.1, 0.15) is 11.5 Å². The number of benzene rings is 2. The topological polar surface area (TPSA) is 95.5 Å². The number of nitrogens with zero attached hydrogens (tertiary/aromatic N) is 5. The third kappa shape index (κ3) is 5.25. The van der Waals surface area contributed by atoms with Crippen molar-refractivity contribution in [3.05, 3.63) is 72.4 Å². The number of hydrogen-bond acceptors (Lipinski definition) is 8. The fourth-order valence-corrected chi connectivity index (χ4v) is 4.64. The first-order valence-corrected chi connectivity index (χ1v) is 12.6. The SMILES string of the molecule is C=CC(=O)Nc1cccc(-c2cccc3cnc(Nc4ccc(N5CCN(C)CC5)nc4OC)nc23)c1Cl. The van der Waals surface area contributed by atoms with E-state index in [0.29, 0.717) is 33.7 Å². The van der Waals surface area contributed by atoms with Crippen molar-refractivity contribution in [2.75, 3.05) is 55.9 Å². The summed E-state index contributed by atoms with van der Waals surface area (Å²) in [6.07, 6.45) is 2.96. The number of likely N-dealkylation sites (N-methyl/N-ethyl adjacent to an activating group) is 1. The number of para-hydroxylation sites is 1. The molecule has 1 aliphatic heterocycles. The van der Waals surface area contributed by atoms with Gasteiger partial charge in [0, 0.05) is 48.9 Å². The summed E-state index contributed by atoms with van der Waals surface area (Å²) in [4.78, 5) is 30.4. The fourth-order valence-electron chi connectivity index (χ4n) is 4.37. The number of anilines is 4. The first-order valence-electron chi connectivity index (χ1n) is 12.2. The van der Waals surface area contributed by atoms with Gasteiger partial charge in [0.05, 0.1) is 23.3 Å². The quantitative estimate of drug-likeness (QED) is 0.324. The van der Waals surface area contributed by atoms with Gasteiger partial charge in [-0.15, -0.1) is 0 Å². The smallest absolute Gasteiger partial charge is 0.247 e. The van der Waals surface area contributed by atoms with E-state index in [1.54, 1.807) is 19.4 Å². The average molecular weight is 530 g/mol. The van der Waals surface area contributed by atoms with E-state index in [0.717, 1.165) is 48.5 Å². The van der Waals surface area contributed by atoms with Crippen molar-refractivity contribution < 1.29 is 9.53 Å². The van der Waals surface area contributed by atoms with Crippen LogP contribution in [0.4, 0.5) is 23.1 Å². The summed E-state index contributed by atoms with van der Waals surface area (Å²) in [5.41, 5.74) is 3.41. The molecule has 0 bridgehead atoms. The van der Waals surface area contributed by atoms with Crippen LogP contribution in [-0.4, -0.2) is 66.1 Å². The van der Waals surface area contributed by atoms with Crippen LogP contribution in [0.25, 0.3) is 22.0 Å². The molecule has 0 saturated carbocycles. The second kappa shape index (κ2) is 11.0. The highest BCUT2D eigenvalue weighted by Crippen LogP contribution is 2.37. The molecule has 0 unspecified atom stereocenters. The Bertz CT molecular complexity index is 1500. The average Bonchev–Trinajstić information content (AvgIpc) is 2.94. The lowest BCUT2D eigenvalue weighted by Crippen LogP contribution is -2.44. The van der Waals surface area contributed by atoms with Crippen molar-refractivity contribution in [3.63, 3.8) is 0 Å². The van der Waals surface area contributed by atoms with Crippen molar-refractivity contribution in [3.8, 4) is 17.0 Å². The minimum absolute atomic E-state index is 0.336. The summed E-state index contributed by atoms with van der Waals surface area (Å²) in [6, 6.07) is 15.2. The highest BCUT2D eigenvalue weighted by atomic mass is 35.5. The van der Waals surface area contributed by atoms with Gasteiger partial charge in [-0.2, -0.15) is 4.98 Å². The van der Waals surface area contributed by atoms with Crippen molar-refractivity contribution >= 4 is 51.6 Å². The Balaban J connectivity index is 1.47. The van der Waals surface area contributed by atoms with Gasteiger partial charge in [-0.1, -0.05) is 48.5 Å². The number of ether oxygens (including phenoxy) is 1. The summed E-state index contributed by atoms with van der Waals surface area (Å²) in [7, 11) is 3.72. The number of fused-ring (bicyclic) bond motifs is 1. The number of hydrogen-bond donors (Lipinski definition) is 2. The summed E-state index contributed by atoms with van der Waals surface area (Å²) in [5, 5.41) is 7.26. The number of nitrogens with one attached hydrogen (secondary N) is 2. The number of carbonyl (C=O) groups excluding carboxylic acids is 1. The molecule has 0 atom stereocenters. The van der Waals surface area contributed by atoms with E-state index in [1.165, 1.54) is 6.08 Å². The molecule has 5 rings (SSSR count). The van der Waals surface area contributed by atoms with Crippen LogP contribution >= 0.6 is 11.6 Å². The van der Waals surface area contributed by atoms with Crippen LogP contribution in [0.15, 0.2) is 67.4 Å². The number of rotatable bonds is 7. The highest BCUT2D eigenvalue weighted by Gasteiger charge is 2.18. The minimum atomic E-state index is -0.336. The molecule has 194 valence electrons. The van der Waals surface area contributed by atoms with Crippen LogP contribution in [0.1, 0.15) is 0 Å². The monoisotopic (exact) mass is 529 g/mol. The Hall–Kier alpha value is -4.21. The normalized spacial score (nSPS) is 13.8. The molecule has 2 aromatic heterocycles. The summed E-state index contributed by atoms with van der Waals surface area (Å²) in [5.74, 6) is 1.40. The molecule has 3 heterocycles. The predicted molar refractivity (Wildman–Crippen MR) is 153 cm³/mol. The lowest BCUT2D eigenvalue weighted by molar-refractivity contribution is -0.111. The van der Waals surface area contributed by atoms with Crippen molar-refractivity contribution in [2.45, 2.75) is 0 Å². The number of carbonyl (C=O) groups is 1. The van der Waals surface area contributed by atoms with E-state index in [2.05, 4.69) is 39.0 Å².